The lowest BCUT2D eigenvalue weighted by Crippen LogP contribution is -2.34. The van der Waals surface area contributed by atoms with Crippen LogP contribution < -0.4 is 0 Å². The highest BCUT2D eigenvalue weighted by atomic mass is 35.5. The first-order chi connectivity index (χ1) is 9.01. The van der Waals surface area contributed by atoms with Crippen molar-refractivity contribution in [3.8, 4) is 5.75 Å². The minimum atomic E-state index is -3.08. The van der Waals surface area contributed by atoms with Gasteiger partial charge in [-0.1, -0.05) is 12.1 Å². The van der Waals surface area contributed by atoms with Gasteiger partial charge in [0.25, 0.3) is 0 Å². The molecule has 1 atom stereocenters. The van der Waals surface area contributed by atoms with Gasteiger partial charge in [0.05, 0.1) is 5.60 Å². The number of benzene rings is 1. The zero-order chi connectivity index (χ0) is 14.3. The van der Waals surface area contributed by atoms with Gasteiger partial charge >= 0.3 is 8.25 Å². The first kappa shape index (κ1) is 16.8. The van der Waals surface area contributed by atoms with Crippen LogP contribution in [0.25, 0.3) is 0 Å². The number of rotatable bonds is 8. The van der Waals surface area contributed by atoms with E-state index in [4.69, 9.17) is 32.6 Å². The lowest BCUT2D eigenvalue weighted by Gasteiger charge is -2.31. The van der Waals surface area contributed by atoms with Crippen LogP contribution in [0.4, 0.5) is 0 Å². The first-order valence-corrected chi connectivity index (χ1v) is 8.16. The minimum absolute atomic E-state index is 0.167. The molecule has 0 aliphatic heterocycles. The molecule has 1 rings (SSSR count). The molecule has 1 aromatic carbocycles. The Morgan fingerprint density at radius 1 is 1.16 bits per heavy atom. The average Bonchev–Trinajstić information content (AvgIpc) is 2.32. The number of phenols is 1. The maximum absolute atomic E-state index is 11.0. The zero-order valence-corrected chi connectivity index (χ0v) is 12.8. The van der Waals surface area contributed by atoms with Crippen molar-refractivity contribution < 1.29 is 19.1 Å². The molecular formula is C12H17Cl2O4P. The molecular weight excluding hydrogens is 310 g/mol. The highest BCUT2D eigenvalue weighted by Crippen LogP contribution is 2.35. The van der Waals surface area contributed by atoms with Gasteiger partial charge in [0.2, 0.25) is 0 Å². The second kappa shape index (κ2) is 8.13. The summed E-state index contributed by atoms with van der Waals surface area (Å²) < 4.78 is 16.3. The van der Waals surface area contributed by atoms with Crippen LogP contribution in [0.3, 0.4) is 0 Å². The monoisotopic (exact) mass is 326 g/mol. The summed E-state index contributed by atoms with van der Waals surface area (Å²) in [5.74, 6) is 0.787. The molecule has 0 aliphatic rings. The third kappa shape index (κ3) is 5.72. The van der Waals surface area contributed by atoms with Crippen molar-refractivity contribution in [2.75, 3.05) is 11.8 Å². The van der Waals surface area contributed by atoms with Crippen molar-refractivity contribution >= 4 is 31.5 Å². The Kier molecular flexibility index (Phi) is 7.19. The molecule has 1 aromatic rings. The average molecular weight is 327 g/mol. The fraction of sp³-hybridized carbons (Fsp3) is 0.500. The van der Waals surface area contributed by atoms with Gasteiger partial charge in [0.15, 0.2) is 0 Å². The number of aromatic hydroxyl groups is 1. The lowest BCUT2D eigenvalue weighted by atomic mass is 9.89. The van der Waals surface area contributed by atoms with E-state index >= 15 is 0 Å². The number of phenolic OH excluding ortho intramolecular Hbond substituents is 1. The molecule has 0 aliphatic carbocycles. The van der Waals surface area contributed by atoms with Crippen molar-refractivity contribution in [3.05, 3.63) is 29.8 Å². The molecule has 0 saturated heterocycles. The summed E-state index contributed by atoms with van der Waals surface area (Å²) >= 11 is 11.5. The SMILES string of the molecule is O=[PH](O)OC(CCCl)(CCCl)Cc1ccc(O)cc1. The van der Waals surface area contributed by atoms with Crippen LogP contribution in [-0.2, 0) is 15.5 Å². The Balaban J connectivity index is 2.93. The highest BCUT2D eigenvalue weighted by Gasteiger charge is 2.32. The van der Waals surface area contributed by atoms with Gasteiger partial charge in [-0.15, -0.1) is 23.2 Å². The van der Waals surface area contributed by atoms with E-state index in [1.807, 2.05) is 0 Å². The predicted octanol–water partition coefficient (Wildman–Crippen LogP) is 3.33. The van der Waals surface area contributed by atoms with Crippen LogP contribution in [0.1, 0.15) is 18.4 Å². The molecule has 0 bridgehead atoms. The van der Waals surface area contributed by atoms with E-state index in [0.29, 0.717) is 31.0 Å². The van der Waals surface area contributed by atoms with Gasteiger partial charge in [-0.2, -0.15) is 0 Å². The Morgan fingerprint density at radius 2 is 1.68 bits per heavy atom. The van der Waals surface area contributed by atoms with Crippen molar-refractivity contribution in [3.63, 3.8) is 0 Å². The summed E-state index contributed by atoms with van der Waals surface area (Å²) in [5.41, 5.74) is 0.0435. The van der Waals surface area contributed by atoms with Crippen molar-refractivity contribution in [1.82, 2.24) is 0 Å². The van der Waals surface area contributed by atoms with Gasteiger partial charge < -0.3 is 14.5 Å². The summed E-state index contributed by atoms with van der Waals surface area (Å²) in [4.78, 5) is 9.06. The number of halogens is 2. The lowest BCUT2D eigenvalue weighted by molar-refractivity contribution is 0.0585. The van der Waals surface area contributed by atoms with Crippen LogP contribution in [0.15, 0.2) is 24.3 Å². The third-order valence-corrected chi connectivity index (χ3v) is 3.85. The van der Waals surface area contributed by atoms with E-state index < -0.39 is 13.9 Å². The fourth-order valence-electron chi connectivity index (χ4n) is 1.96. The van der Waals surface area contributed by atoms with Gasteiger partial charge in [-0.25, -0.2) is 0 Å². The Bertz CT molecular complexity index is 405. The minimum Gasteiger partial charge on any atom is -0.508 e. The Morgan fingerprint density at radius 3 is 2.11 bits per heavy atom. The second-order valence-corrected chi connectivity index (χ2v) is 5.76. The van der Waals surface area contributed by atoms with E-state index in [1.165, 1.54) is 0 Å². The maximum Gasteiger partial charge on any atom is 0.317 e. The van der Waals surface area contributed by atoms with Crippen molar-refractivity contribution in [2.24, 2.45) is 0 Å². The van der Waals surface area contributed by atoms with Gasteiger partial charge in [-0.3, -0.25) is 4.57 Å². The molecule has 1 unspecified atom stereocenters. The maximum atomic E-state index is 11.0. The predicted molar refractivity (Wildman–Crippen MR) is 77.5 cm³/mol. The molecule has 0 spiro atoms. The van der Waals surface area contributed by atoms with E-state index in [2.05, 4.69) is 0 Å². The topological polar surface area (TPSA) is 66.8 Å². The van der Waals surface area contributed by atoms with Crippen LogP contribution in [0, 0.1) is 0 Å². The van der Waals surface area contributed by atoms with E-state index in [1.54, 1.807) is 24.3 Å². The van der Waals surface area contributed by atoms with Crippen LogP contribution >= 0.6 is 31.5 Å². The quantitative estimate of drug-likeness (QED) is 0.568. The van der Waals surface area contributed by atoms with Gasteiger partial charge in [0.1, 0.15) is 5.75 Å². The van der Waals surface area contributed by atoms with E-state index in [-0.39, 0.29) is 5.75 Å². The molecule has 19 heavy (non-hydrogen) atoms. The van der Waals surface area contributed by atoms with Crippen molar-refractivity contribution in [2.45, 2.75) is 24.9 Å². The smallest absolute Gasteiger partial charge is 0.317 e. The van der Waals surface area contributed by atoms with E-state index in [9.17, 15) is 9.67 Å². The highest BCUT2D eigenvalue weighted by molar-refractivity contribution is 7.32. The summed E-state index contributed by atoms with van der Waals surface area (Å²) in [5, 5.41) is 9.25. The van der Waals surface area contributed by atoms with Crippen LogP contribution in [-0.4, -0.2) is 27.4 Å². The molecule has 108 valence electrons. The Hall–Kier alpha value is -0.250. The normalized spacial score (nSPS) is 13.4. The second-order valence-electron chi connectivity index (χ2n) is 4.27. The van der Waals surface area contributed by atoms with E-state index in [0.717, 1.165) is 5.56 Å². The van der Waals surface area contributed by atoms with Crippen molar-refractivity contribution in [1.29, 1.82) is 0 Å². The first-order valence-electron chi connectivity index (χ1n) is 5.83. The zero-order valence-electron chi connectivity index (χ0n) is 10.3. The standard InChI is InChI=1S/C12H17Cl2O4P/c13-7-5-12(6-8-14,18-19(16)17)9-10-1-3-11(15)4-2-10/h1-4,15,19H,5-9H2,(H,16,17). The molecule has 0 aromatic heterocycles. The summed E-state index contributed by atoms with van der Waals surface area (Å²) in [6, 6.07) is 6.60. The summed E-state index contributed by atoms with van der Waals surface area (Å²) in [7, 11) is -3.08. The molecule has 4 nitrogen and oxygen atoms in total. The number of alkyl halides is 2. The number of hydrogen-bond acceptors (Lipinski definition) is 3. The molecule has 0 fully saturated rings. The molecule has 7 heteroatoms. The molecule has 0 saturated carbocycles. The largest absolute Gasteiger partial charge is 0.508 e. The number of hydrogen-bond donors (Lipinski definition) is 2. The van der Waals surface area contributed by atoms with Crippen LogP contribution in [0.5, 0.6) is 5.75 Å². The summed E-state index contributed by atoms with van der Waals surface area (Å²) in [6.07, 6.45) is 1.28. The summed E-state index contributed by atoms with van der Waals surface area (Å²) in [6.45, 7) is 0. The van der Waals surface area contributed by atoms with Gasteiger partial charge in [0, 0.05) is 18.2 Å². The third-order valence-electron chi connectivity index (χ3n) is 2.87. The van der Waals surface area contributed by atoms with Crippen LogP contribution in [0.2, 0.25) is 0 Å². The molecule has 0 heterocycles. The fourth-order valence-corrected chi connectivity index (χ4v) is 3.29. The molecule has 2 N–H and O–H groups in total. The Labute approximate surface area is 123 Å². The van der Waals surface area contributed by atoms with Gasteiger partial charge in [-0.05, 0) is 30.5 Å². The molecule has 0 radical (unpaired) electrons. The molecule has 0 amide bonds.